The van der Waals surface area contributed by atoms with Crippen LogP contribution in [-0.4, -0.2) is 10.1 Å². The molecule has 0 unspecified atom stereocenters. The Balaban J connectivity index is 3.32. The summed E-state index contributed by atoms with van der Waals surface area (Å²) in [5, 5.41) is 8.76. The molecule has 0 atom stereocenters. The fraction of sp³-hybridized carbons (Fsp3) is 0.286. The number of alkyl halides is 3. The lowest BCUT2D eigenvalue weighted by Gasteiger charge is -2.06. The van der Waals surface area contributed by atoms with E-state index in [9.17, 15) is 13.2 Å². The van der Waals surface area contributed by atoms with E-state index in [-0.39, 0.29) is 11.6 Å². The van der Waals surface area contributed by atoms with E-state index in [4.69, 9.17) is 16.7 Å². The van der Waals surface area contributed by atoms with Crippen LogP contribution in [-0.2, 0) is 5.88 Å². The molecule has 6 heteroatoms. The zero-order valence-electron chi connectivity index (χ0n) is 6.27. The summed E-state index contributed by atoms with van der Waals surface area (Å²) in [6.45, 7) is 0. The standard InChI is InChI=1S/C7H5ClF3NO/c8-1-3-5(7(10)11)6(9)4(13)2-12-3/h2,7,13H,1H2. The molecule has 1 aromatic heterocycles. The minimum atomic E-state index is -3.03. The molecule has 2 nitrogen and oxygen atoms in total. The Hall–Kier alpha value is -0.970. The van der Waals surface area contributed by atoms with Crippen molar-refractivity contribution >= 4 is 11.6 Å². The van der Waals surface area contributed by atoms with Crippen molar-refractivity contribution in [2.24, 2.45) is 0 Å². The van der Waals surface area contributed by atoms with Gasteiger partial charge in [0.05, 0.1) is 23.3 Å². The second kappa shape index (κ2) is 3.83. The molecule has 72 valence electrons. The monoisotopic (exact) mass is 211 g/mol. The first-order valence-corrected chi connectivity index (χ1v) is 3.81. The van der Waals surface area contributed by atoms with Crippen molar-refractivity contribution in [3.8, 4) is 5.75 Å². The normalized spacial score (nSPS) is 10.8. The summed E-state index contributed by atoms with van der Waals surface area (Å²) in [6.07, 6.45) is -2.29. The summed E-state index contributed by atoms with van der Waals surface area (Å²) in [5.74, 6) is -2.58. The van der Waals surface area contributed by atoms with E-state index in [1.54, 1.807) is 0 Å². The molecule has 0 aliphatic carbocycles. The molecule has 0 saturated heterocycles. The van der Waals surface area contributed by atoms with Gasteiger partial charge in [0.2, 0.25) is 0 Å². The molecule has 13 heavy (non-hydrogen) atoms. The molecule has 1 heterocycles. The predicted octanol–water partition coefficient (Wildman–Crippen LogP) is 2.60. The molecule has 0 aliphatic heterocycles. The van der Waals surface area contributed by atoms with Crippen molar-refractivity contribution in [3.63, 3.8) is 0 Å². The Labute approximate surface area is 77.0 Å². The van der Waals surface area contributed by atoms with Gasteiger partial charge in [-0.25, -0.2) is 13.2 Å². The quantitative estimate of drug-likeness (QED) is 0.763. The molecule has 1 aromatic rings. The summed E-state index contributed by atoms with van der Waals surface area (Å²) in [4.78, 5) is 3.38. The number of rotatable bonds is 2. The Kier molecular flexibility index (Phi) is 2.98. The summed E-state index contributed by atoms with van der Waals surface area (Å²) in [6, 6.07) is 0. The van der Waals surface area contributed by atoms with Crippen LogP contribution >= 0.6 is 11.6 Å². The first-order valence-electron chi connectivity index (χ1n) is 3.28. The maximum Gasteiger partial charge on any atom is 0.268 e. The molecule has 0 radical (unpaired) electrons. The molecule has 0 aliphatic rings. The molecule has 1 N–H and O–H groups in total. The molecule has 0 spiro atoms. The molecular formula is C7H5ClF3NO. The van der Waals surface area contributed by atoms with Crippen LogP contribution < -0.4 is 0 Å². The lowest BCUT2D eigenvalue weighted by Crippen LogP contribution is -2.00. The van der Waals surface area contributed by atoms with Crippen molar-refractivity contribution < 1.29 is 18.3 Å². The molecular weight excluding hydrogens is 207 g/mol. The van der Waals surface area contributed by atoms with Crippen molar-refractivity contribution in [2.75, 3.05) is 0 Å². The van der Waals surface area contributed by atoms with Crippen LogP contribution in [0.25, 0.3) is 0 Å². The summed E-state index contributed by atoms with van der Waals surface area (Å²) in [5.41, 5.74) is -1.19. The van der Waals surface area contributed by atoms with E-state index < -0.39 is 23.6 Å². The number of aromatic hydroxyl groups is 1. The SMILES string of the molecule is Oc1cnc(CCl)c(C(F)F)c1F. The first kappa shape index (κ1) is 10.1. The van der Waals surface area contributed by atoms with Crippen molar-refractivity contribution in [2.45, 2.75) is 12.3 Å². The van der Waals surface area contributed by atoms with E-state index in [2.05, 4.69) is 4.98 Å². The van der Waals surface area contributed by atoms with Gasteiger partial charge in [0.1, 0.15) is 0 Å². The van der Waals surface area contributed by atoms with E-state index in [1.807, 2.05) is 0 Å². The molecule has 0 aromatic carbocycles. The van der Waals surface area contributed by atoms with Gasteiger partial charge in [-0.05, 0) is 0 Å². The van der Waals surface area contributed by atoms with Crippen LogP contribution in [0.15, 0.2) is 6.20 Å². The third kappa shape index (κ3) is 1.85. The second-order valence-corrected chi connectivity index (χ2v) is 2.52. The average Bonchev–Trinajstić information content (AvgIpc) is 2.08. The third-order valence-corrected chi connectivity index (χ3v) is 1.71. The average molecular weight is 212 g/mol. The van der Waals surface area contributed by atoms with Gasteiger partial charge in [0.25, 0.3) is 6.43 Å². The lowest BCUT2D eigenvalue weighted by molar-refractivity contribution is 0.143. The van der Waals surface area contributed by atoms with Crippen molar-refractivity contribution in [3.05, 3.63) is 23.3 Å². The minimum absolute atomic E-state index is 0.257. The summed E-state index contributed by atoms with van der Waals surface area (Å²) < 4.78 is 37.3. The maximum absolute atomic E-state index is 12.9. The van der Waals surface area contributed by atoms with E-state index in [1.165, 1.54) is 0 Å². The van der Waals surface area contributed by atoms with Crippen LogP contribution in [0.5, 0.6) is 5.75 Å². The Morgan fingerprint density at radius 1 is 1.54 bits per heavy atom. The van der Waals surface area contributed by atoms with Crippen LogP contribution in [0.4, 0.5) is 13.2 Å². The Bertz CT molecular complexity index is 319. The Morgan fingerprint density at radius 2 is 2.15 bits per heavy atom. The van der Waals surface area contributed by atoms with Crippen LogP contribution in [0.1, 0.15) is 17.7 Å². The van der Waals surface area contributed by atoms with Gasteiger partial charge in [0, 0.05) is 0 Å². The van der Waals surface area contributed by atoms with E-state index in [0.29, 0.717) is 0 Å². The van der Waals surface area contributed by atoms with E-state index in [0.717, 1.165) is 6.20 Å². The topological polar surface area (TPSA) is 33.1 Å². The molecule has 0 saturated carbocycles. The molecule has 0 fully saturated rings. The van der Waals surface area contributed by atoms with Crippen molar-refractivity contribution in [1.82, 2.24) is 4.98 Å². The number of halogens is 4. The zero-order chi connectivity index (χ0) is 10.0. The fourth-order valence-corrected chi connectivity index (χ4v) is 1.07. The molecule has 0 amide bonds. The van der Waals surface area contributed by atoms with Gasteiger partial charge in [-0.2, -0.15) is 0 Å². The fourth-order valence-electron chi connectivity index (χ4n) is 0.858. The van der Waals surface area contributed by atoms with Crippen LogP contribution in [0, 0.1) is 5.82 Å². The number of aromatic nitrogens is 1. The number of pyridine rings is 1. The highest BCUT2D eigenvalue weighted by molar-refractivity contribution is 6.17. The van der Waals surface area contributed by atoms with Gasteiger partial charge in [0.15, 0.2) is 11.6 Å². The Morgan fingerprint density at radius 3 is 2.62 bits per heavy atom. The van der Waals surface area contributed by atoms with E-state index >= 15 is 0 Å². The largest absolute Gasteiger partial charge is 0.504 e. The maximum atomic E-state index is 12.9. The zero-order valence-corrected chi connectivity index (χ0v) is 7.02. The van der Waals surface area contributed by atoms with Gasteiger partial charge < -0.3 is 5.11 Å². The van der Waals surface area contributed by atoms with Crippen molar-refractivity contribution in [1.29, 1.82) is 0 Å². The van der Waals surface area contributed by atoms with Gasteiger partial charge in [-0.3, -0.25) is 4.98 Å². The summed E-state index contributed by atoms with van der Waals surface area (Å²) >= 11 is 5.26. The first-order chi connectivity index (χ1) is 6.07. The smallest absolute Gasteiger partial charge is 0.268 e. The number of hydrogen-bond acceptors (Lipinski definition) is 2. The van der Waals surface area contributed by atoms with Gasteiger partial charge >= 0.3 is 0 Å². The predicted molar refractivity (Wildman–Crippen MR) is 40.4 cm³/mol. The molecule has 1 rings (SSSR count). The highest BCUT2D eigenvalue weighted by Crippen LogP contribution is 2.29. The number of hydrogen-bond donors (Lipinski definition) is 1. The highest BCUT2D eigenvalue weighted by atomic mass is 35.5. The summed E-state index contributed by atoms with van der Waals surface area (Å²) in [7, 11) is 0. The molecule has 0 bridgehead atoms. The second-order valence-electron chi connectivity index (χ2n) is 2.25. The lowest BCUT2D eigenvalue weighted by atomic mass is 10.2. The minimum Gasteiger partial charge on any atom is -0.504 e. The van der Waals surface area contributed by atoms with Crippen LogP contribution in [0.2, 0.25) is 0 Å². The highest BCUT2D eigenvalue weighted by Gasteiger charge is 2.21. The van der Waals surface area contributed by atoms with Gasteiger partial charge in [-0.15, -0.1) is 11.6 Å². The van der Waals surface area contributed by atoms with Crippen LogP contribution in [0.3, 0.4) is 0 Å². The third-order valence-electron chi connectivity index (χ3n) is 1.46. The number of nitrogens with zero attached hydrogens (tertiary/aromatic N) is 1. The van der Waals surface area contributed by atoms with Gasteiger partial charge in [-0.1, -0.05) is 0 Å².